The Morgan fingerprint density at radius 2 is 2.10 bits per heavy atom. The van der Waals surface area contributed by atoms with Gasteiger partial charge in [-0.2, -0.15) is 0 Å². The van der Waals surface area contributed by atoms with Gasteiger partial charge >= 0.3 is 11.9 Å². The lowest BCUT2D eigenvalue weighted by molar-refractivity contribution is -0.138. The van der Waals surface area contributed by atoms with E-state index in [0.29, 0.717) is 0 Å². The van der Waals surface area contributed by atoms with Gasteiger partial charge in [-0.3, -0.25) is 9.59 Å². The molecular formula is C12H13FN2O5. The van der Waals surface area contributed by atoms with Crippen LogP contribution in [0, 0.1) is 5.82 Å². The summed E-state index contributed by atoms with van der Waals surface area (Å²) in [4.78, 5) is 33.3. The second-order valence-corrected chi connectivity index (χ2v) is 3.88. The fraction of sp³-hybridized carbons (Fsp3) is 0.250. The number of esters is 1. The van der Waals surface area contributed by atoms with Crippen LogP contribution in [0.15, 0.2) is 18.2 Å². The number of amides is 1. The number of nitrogens with two attached hydrogens (primary N) is 1. The summed E-state index contributed by atoms with van der Waals surface area (Å²) >= 11 is 0. The number of hydrogen-bond donors (Lipinski definition) is 3. The monoisotopic (exact) mass is 284 g/mol. The van der Waals surface area contributed by atoms with E-state index in [1.165, 1.54) is 6.07 Å². The Balaban J connectivity index is 2.85. The molecule has 0 aliphatic carbocycles. The van der Waals surface area contributed by atoms with Crippen molar-refractivity contribution < 1.29 is 28.6 Å². The molecule has 20 heavy (non-hydrogen) atoms. The summed E-state index contributed by atoms with van der Waals surface area (Å²) in [6.07, 6.45) is -0.545. The largest absolute Gasteiger partial charge is 0.481 e. The number of benzene rings is 1. The average molecular weight is 284 g/mol. The summed E-state index contributed by atoms with van der Waals surface area (Å²) in [7, 11) is 1.09. The summed E-state index contributed by atoms with van der Waals surface area (Å²) in [5.41, 5.74) is 5.12. The van der Waals surface area contributed by atoms with Crippen molar-refractivity contribution >= 4 is 23.5 Å². The number of nitrogens with one attached hydrogen (secondary N) is 1. The Hall–Kier alpha value is -2.48. The van der Waals surface area contributed by atoms with Crippen molar-refractivity contribution in [3.05, 3.63) is 29.6 Å². The Kier molecular flexibility index (Phi) is 5.15. The zero-order valence-electron chi connectivity index (χ0n) is 10.6. The van der Waals surface area contributed by atoms with Gasteiger partial charge in [-0.05, 0) is 18.2 Å². The summed E-state index contributed by atoms with van der Waals surface area (Å²) in [5, 5.41) is 10.8. The number of carbonyl (C=O) groups is 3. The first-order chi connectivity index (χ1) is 9.35. The Bertz CT molecular complexity index is 547. The first kappa shape index (κ1) is 15.6. The maximum atomic E-state index is 13.4. The van der Waals surface area contributed by atoms with E-state index in [-0.39, 0.29) is 11.3 Å². The molecule has 7 nitrogen and oxygen atoms in total. The van der Waals surface area contributed by atoms with Crippen molar-refractivity contribution in [2.75, 3.05) is 12.4 Å². The van der Waals surface area contributed by atoms with Crippen LogP contribution >= 0.6 is 0 Å². The van der Waals surface area contributed by atoms with Gasteiger partial charge < -0.3 is 20.9 Å². The van der Waals surface area contributed by atoms with E-state index in [9.17, 15) is 18.8 Å². The number of carboxylic acids is 1. The van der Waals surface area contributed by atoms with E-state index in [0.717, 1.165) is 19.2 Å². The first-order valence-electron chi connectivity index (χ1n) is 5.51. The zero-order valence-corrected chi connectivity index (χ0v) is 10.6. The highest BCUT2D eigenvalue weighted by Gasteiger charge is 2.18. The summed E-state index contributed by atoms with van der Waals surface area (Å²) in [6, 6.07) is 2.02. The number of carboxylic acid groups (broad SMARTS) is 1. The average Bonchev–Trinajstić information content (AvgIpc) is 2.39. The third-order valence-electron chi connectivity index (χ3n) is 2.37. The predicted octanol–water partition coefficient (Wildman–Crippen LogP) is 0.353. The van der Waals surface area contributed by atoms with Gasteiger partial charge in [-0.15, -0.1) is 0 Å². The third kappa shape index (κ3) is 4.02. The van der Waals surface area contributed by atoms with Crippen LogP contribution in [-0.4, -0.2) is 36.1 Å². The lowest BCUT2D eigenvalue weighted by Gasteiger charge is -2.11. The molecule has 1 aromatic rings. The Labute approximate surface area is 113 Å². The second kappa shape index (κ2) is 6.62. The highest BCUT2D eigenvalue weighted by atomic mass is 19.1. The zero-order chi connectivity index (χ0) is 15.3. The maximum Gasteiger partial charge on any atom is 0.340 e. The molecule has 0 radical (unpaired) electrons. The van der Waals surface area contributed by atoms with Crippen LogP contribution in [0.5, 0.6) is 0 Å². The first-order valence-corrected chi connectivity index (χ1v) is 5.51. The lowest BCUT2D eigenvalue weighted by atomic mass is 10.1. The van der Waals surface area contributed by atoms with Gasteiger partial charge in [0.2, 0.25) is 5.91 Å². The van der Waals surface area contributed by atoms with E-state index in [1.807, 2.05) is 0 Å². The van der Waals surface area contributed by atoms with Crippen LogP contribution in [-0.2, 0) is 14.3 Å². The van der Waals surface area contributed by atoms with Gasteiger partial charge in [0.1, 0.15) is 5.82 Å². The molecule has 108 valence electrons. The predicted molar refractivity (Wildman–Crippen MR) is 66.6 cm³/mol. The Morgan fingerprint density at radius 1 is 1.45 bits per heavy atom. The molecule has 1 atom stereocenters. The molecule has 1 amide bonds. The third-order valence-corrected chi connectivity index (χ3v) is 2.37. The minimum Gasteiger partial charge on any atom is -0.481 e. The number of anilines is 1. The van der Waals surface area contributed by atoms with Gasteiger partial charge in [0.25, 0.3) is 0 Å². The van der Waals surface area contributed by atoms with Crippen LogP contribution < -0.4 is 11.1 Å². The van der Waals surface area contributed by atoms with Crippen LogP contribution in [0.2, 0.25) is 0 Å². The van der Waals surface area contributed by atoms with Crippen molar-refractivity contribution in [2.45, 2.75) is 12.5 Å². The van der Waals surface area contributed by atoms with Crippen molar-refractivity contribution in [1.82, 2.24) is 0 Å². The second-order valence-electron chi connectivity index (χ2n) is 3.88. The number of aliphatic carboxylic acids is 1. The molecule has 0 spiro atoms. The molecule has 1 rings (SSSR count). The standard InChI is InChI=1S/C12H13FN2O5/c1-20-12(19)7-4-6(2-3-8(7)13)15-11(18)9(14)5-10(16)17/h2-4,9H,5,14H2,1H3,(H,15,18)(H,16,17). The summed E-state index contributed by atoms with van der Waals surface area (Å²) < 4.78 is 17.7. The summed E-state index contributed by atoms with van der Waals surface area (Å²) in [6.45, 7) is 0. The van der Waals surface area contributed by atoms with Crippen molar-refractivity contribution in [1.29, 1.82) is 0 Å². The molecule has 0 aliphatic rings. The van der Waals surface area contributed by atoms with Crippen LogP contribution in [0.4, 0.5) is 10.1 Å². The van der Waals surface area contributed by atoms with Crippen molar-refractivity contribution in [2.24, 2.45) is 5.73 Å². The highest BCUT2D eigenvalue weighted by molar-refractivity contribution is 5.98. The number of rotatable bonds is 5. The minimum atomic E-state index is -1.25. The number of carbonyl (C=O) groups excluding carboxylic acids is 2. The number of methoxy groups -OCH3 is 1. The normalized spacial score (nSPS) is 11.6. The van der Waals surface area contributed by atoms with Crippen molar-refractivity contribution in [3.8, 4) is 0 Å². The van der Waals surface area contributed by atoms with E-state index >= 15 is 0 Å². The molecular weight excluding hydrogens is 271 g/mol. The van der Waals surface area contributed by atoms with E-state index < -0.39 is 36.1 Å². The number of halogens is 1. The Morgan fingerprint density at radius 3 is 2.65 bits per heavy atom. The molecule has 0 bridgehead atoms. The molecule has 0 heterocycles. The van der Waals surface area contributed by atoms with Gasteiger partial charge in [0.05, 0.1) is 25.1 Å². The van der Waals surface area contributed by atoms with Gasteiger partial charge in [0.15, 0.2) is 0 Å². The molecule has 0 saturated carbocycles. The quantitative estimate of drug-likeness (QED) is 0.671. The van der Waals surface area contributed by atoms with Crippen LogP contribution in [0.3, 0.4) is 0 Å². The molecule has 0 aromatic heterocycles. The molecule has 1 aromatic carbocycles. The molecule has 4 N–H and O–H groups in total. The topological polar surface area (TPSA) is 119 Å². The van der Waals surface area contributed by atoms with E-state index in [2.05, 4.69) is 10.1 Å². The van der Waals surface area contributed by atoms with E-state index in [1.54, 1.807) is 0 Å². The van der Waals surface area contributed by atoms with Gasteiger partial charge in [0, 0.05) is 5.69 Å². The lowest BCUT2D eigenvalue weighted by Crippen LogP contribution is -2.37. The highest BCUT2D eigenvalue weighted by Crippen LogP contribution is 2.16. The van der Waals surface area contributed by atoms with E-state index in [4.69, 9.17) is 10.8 Å². The molecule has 0 aliphatic heterocycles. The fourth-order valence-electron chi connectivity index (χ4n) is 1.39. The molecule has 1 unspecified atom stereocenters. The van der Waals surface area contributed by atoms with Gasteiger partial charge in [-0.25, -0.2) is 9.18 Å². The number of ether oxygens (including phenoxy) is 1. The minimum absolute atomic E-state index is 0.109. The molecule has 0 fully saturated rings. The fourth-order valence-corrected chi connectivity index (χ4v) is 1.39. The SMILES string of the molecule is COC(=O)c1cc(NC(=O)C(N)CC(=O)O)ccc1F. The maximum absolute atomic E-state index is 13.4. The van der Waals surface area contributed by atoms with Gasteiger partial charge in [-0.1, -0.05) is 0 Å². The van der Waals surface area contributed by atoms with Crippen molar-refractivity contribution in [3.63, 3.8) is 0 Å². The molecule has 0 saturated heterocycles. The molecule has 8 heteroatoms. The summed E-state index contributed by atoms with van der Waals surface area (Å²) in [5.74, 6) is -3.67. The smallest absolute Gasteiger partial charge is 0.340 e. The van der Waals surface area contributed by atoms with Crippen LogP contribution in [0.1, 0.15) is 16.8 Å². The van der Waals surface area contributed by atoms with Crippen LogP contribution in [0.25, 0.3) is 0 Å². The number of hydrogen-bond acceptors (Lipinski definition) is 5.